The van der Waals surface area contributed by atoms with Gasteiger partial charge < -0.3 is 4.74 Å². The van der Waals surface area contributed by atoms with Gasteiger partial charge in [-0.15, -0.1) is 0 Å². The lowest BCUT2D eigenvalue weighted by atomic mass is 9.94. The topological polar surface area (TPSA) is 82.3 Å². The van der Waals surface area contributed by atoms with E-state index < -0.39 is 16.8 Å². The second-order valence-corrected chi connectivity index (χ2v) is 5.30. The summed E-state index contributed by atoms with van der Waals surface area (Å²) in [5, 5.41) is 11.6. The first-order chi connectivity index (χ1) is 11.0. The van der Waals surface area contributed by atoms with Crippen molar-refractivity contribution < 1.29 is 14.5 Å². The average molecular weight is 355 g/mol. The van der Waals surface area contributed by atoms with Crippen molar-refractivity contribution >= 4 is 34.9 Å². The summed E-state index contributed by atoms with van der Waals surface area (Å²) in [6.45, 7) is 1.76. The van der Waals surface area contributed by atoms with Crippen LogP contribution >= 0.6 is 23.2 Å². The zero-order valence-corrected chi connectivity index (χ0v) is 13.5. The Morgan fingerprint density at radius 1 is 1.30 bits per heavy atom. The van der Waals surface area contributed by atoms with Gasteiger partial charge in [-0.1, -0.05) is 41.4 Å². The number of rotatable bonds is 5. The van der Waals surface area contributed by atoms with Crippen LogP contribution in [0.4, 0.5) is 5.69 Å². The quantitative estimate of drug-likeness (QED) is 0.351. The van der Waals surface area contributed by atoms with Gasteiger partial charge in [-0.2, -0.15) is 0 Å². The highest BCUT2D eigenvalue weighted by molar-refractivity contribution is 6.31. The Bertz CT molecular complexity index is 752. The number of pyridine rings is 1. The summed E-state index contributed by atoms with van der Waals surface area (Å²) in [5.41, 5.74) is -0.0630. The average Bonchev–Trinajstić information content (AvgIpc) is 2.49. The summed E-state index contributed by atoms with van der Waals surface area (Å²) in [6, 6.07) is 9.03. The zero-order valence-electron chi connectivity index (χ0n) is 12.0. The summed E-state index contributed by atoms with van der Waals surface area (Å²) in [4.78, 5) is 27.0. The number of carbonyl (C=O) groups excluding carboxylic acids is 1. The van der Waals surface area contributed by atoms with Gasteiger partial charge in [-0.25, -0.2) is 4.98 Å². The fourth-order valence-electron chi connectivity index (χ4n) is 2.13. The Labute approximate surface area is 142 Å². The van der Waals surface area contributed by atoms with Crippen molar-refractivity contribution in [2.45, 2.75) is 12.8 Å². The Kier molecular flexibility index (Phi) is 5.52. The molecule has 0 aliphatic rings. The van der Waals surface area contributed by atoms with Crippen molar-refractivity contribution in [3.63, 3.8) is 0 Å². The van der Waals surface area contributed by atoms with E-state index in [1.807, 2.05) is 0 Å². The highest BCUT2D eigenvalue weighted by Crippen LogP contribution is 2.35. The van der Waals surface area contributed by atoms with Gasteiger partial charge in [0.05, 0.1) is 11.5 Å². The highest BCUT2D eigenvalue weighted by Gasteiger charge is 2.34. The molecule has 0 aliphatic heterocycles. The molecular weight excluding hydrogens is 343 g/mol. The molecule has 2 rings (SSSR count). The van der Waals surface area contributed by atoms with Gasteiger partial charge in [0, 0.05) is 11.1 Å². The summed E-state index contributed by atoms with van der Waals surface area (Å²) in [7, 11) is 0. The number of nitrogens with zero attached hydrogens (tertiary/aromatic N) is 2. The molecule has 0 amide bonds. The number of hydrogen-bond donors (Lipinski definition) is 0. The maximum Gasteiger partial charge on any atom is 0.319 e. The molecule has 120 valence electrons. The lowest BCUT2D eigenvalue weighted by Crippen LogP contribution is -2.20. The minimum Gasteiger partial charge on any atom is -0.465 e. The van der Waals surface area contributed by atoms with Gasteiger partial charge in [0.25, 0.3) is 5.69 Å². The molecule has 2 aromatic rings. The molecule has 0 N–H and O–H groups in total. The third kappa shape index (κ3) is 3.78. The molecule has 0 aliphatic carbocycles. The van der Waals surface area contributed by atoms with Crippen molar-refractivity contribution in [3.05, 3.63) is 67.9 Å². The van der Waals surface area contributed by atoms with Crippen LogP contribution in [0.3, 0.4) is 0 Å². The van der Waals surface area contributed by atoms with Crippen LogP contribution in [0.25, 0.3) is 0 Å². The van der Waals surface area contributed by atoms with Crippen LogP contribution in [0.15, 0.2) is 36.4 Å². The van der Waals surface area contributed by atoms with Crippen LogP contribution < -0.4 is 0 Å². The molecule has 0 saturated heterocycles. The number of ether oxygens (including phenoxy) is 1. The normalized spacial score (nSPS) is 11.8. The lowest BCUT2D eigenvalue weighted by molar-refractivity contribution is -0.386. The number of benzene rings is 1. The second kappa shape index (κ2) is 7.39. The third-order valence-corrected chi connectivity index (χ3v) is 3.63. The fourth-order valence-corrected chi connectivity index (χ4v) is 2.53. The molecule has 8 heteroatoms. The summed E-state index contributed by atoms with van der Waals surface area (Å²) < 4.78 is 5.04. The first-order valence-corrected chi connectivity index (χ1v) is 7.43. The van der Waals surface area contributed by atoms with Gasteiger partial charge in [0.15, 0.2) is 0 Å². The molecule has 6 nitrogen and oxygen atoms in total. The highest BCUT2D eigenvalue weighted by atomic mass is 35.5. The standard InChI is InChI=1S/C15H12Cl2N2O4/c1-2-23-15(20)13(9-5-3-4-6-10(9)16)14-11(19(21)22)7-8-12(17)18-14/h3-8,13H,2H2,1H3. The van der Waals surface area contributed by atoms with Gasteiger partial charge >= 0.3 is 5.97 Å². The number of halogens is 2. The maximum absolute atomic E-state index is 12.4. The van der Waals surface area contributed by atoms with E-state index in [1.54, 1.807) is 31.2 Å². The molecule has 1 atom stereocenters. The largest absolute Gasteiger partial charge is 0.465 e. The molecule has 0 radical (unpaired) electrons. The van der Waals surface area contributed by atoms with E-state index in [9.17, 15) is 14.9 Å². The van der Waals surface area contributed by atoms with Crippen LogP contribution in [-0.4, -0.2) is 22.5 Å². The maximum atomic E-state index is 12.4. The fraction of sp³-hybridized carbons (Fsp3) is 0.200. The van der Waals surface area contributed by atoms with Gasteiger partial charge in [-0.3, -0.25) is 14.9 Å². The molecule has 0 fully saturated rings. The van der Waals surface area contributed by atoms with Crippen LogP contribution in [0.5, 0.6) is 0 Å². The molecule has 1 aromatic heterocycles. The molecule has 1 unspecified atom stereocenters. The predicted octanol–water partition coefficient (Wildman–Crippen LogP) is 3.99. The number of aromatic nitrogens is 1. The summed E-state index contributed by atoms with van der Waals surface area (Å²) in [5.74, 6) is -1.82. The van der Waals surface area contributed by atoms with Gasteiger partial charge in [0.1, 0.15) is 16.8 Å². The minimum absolute atomic E-state index is 0.0342. The van der Waals surface area contributed by atoms with Crippen LogP contribution in [0, 0.1) is 10.1 Å². The molecule has 0 bridgehead atoms. The first-order valence-electron chi connectivity index (χ1n) is 6.67. The van der Waals surface area contributed by atoms with E-state index >= 15 is 0 Å². The van der Waals surface area contributed by atoms with Crippen molar-refractivity contribution in [3.8, 4) is 0 Å². The molecule has 0 saturated carbocycles. The number of esters is 1. The Morgan fingerprint density at radius 3 is 2.61 bits per heavy atom. The Balaban J connectivity index is 2.68. The van der Waals surface area contributed by atoms with E-state index in [2.05, 4.69) is 4.98 Å². The Morgan fingerprint density at radius 2 is 2.00 bits per heavy atom. The molecular formula is C15H12Cl2N2O4. The van der Waals surface area contributed by atoms with Crippen molar-refractivity contribution in [1.82, 2.24) is 4.98 Å². The van der Waals surface area contributed by atoms with Crippen LogP contribution in [0.1, 0.15) is 24.1 Å². The Hall–Kier alpha value is -2.18. The van der Waals surface area contributed by atoms with E-state index in [-0.39, 0.29) is 28.2 Å². The molecule has 23 heavy (non-hydrogen) atoms. The number of nitro groups is 1. The SMILES string of the molecule is CCOC(=O)C(c1ccccc1Cl)c1nc(Cl)ccc1[N+](=O)[O-]. The molecule has 1 heterocycles. The zero-order chi connectivity index (χ0) is 17.0. The summed E-state index contributed by atoms with van der Waals surface area (Å²) in [6.07, 6.45) is 0. The van der Waals surface area contributed by atoms with E-state index in [1.165, 1.54) is 12.1 Å². The van der Waals surface area contributed by atoms with Gasteiger partial charge in [0.2, 0.25) is 0 Å². The van der Waals surface area contributed by atoms with Crippen molar-refractivity contribution in [2.75, 3.05) is 6.61 Å². The minimum atomic E-state index is -1.14. The monoisotopic (exact) mass is 354 g/mol. The lowest BCUT2D eigenvalue weighted by Gasteiger charge is -2.17. The molecule has 1 aromatic carbocycles. The molecule has 0 spiro atoms. The number of carbonyl (C=O) groups is 1. The van der Waals surface area contributed by atoms with Crippen molar-refractivity contribution in [2.24, 2.45) is 0 Å². The summed E-state index contributed by atoms with van der Waals surface area (Å²) >= 11 is 12.0. The van der Waals surface area contributed by atoms with Gasteiger partial charge in [-0.05, 0) is 24.6 Å². The van der Waals surface area contributed by atoms with Crippen LogP contribution in [-0.2, 0) is 9.53 Å². The van der Waals surface area contributed by atoms with E-state index in [0.29, 0.717) is 5.56 Å². The smallest absolute Gasteiger partial charge is 0.319 e. The predicted molar refractivity (Wildman–Crippen MR) is 85.8 cm³/mol. The number of hydrogen-bond acceptors (Lipinski definition) is 5. The van der Waals surface area contributed by atoms with E-state index in [0.717, 1.165) is 0 Å². The second-order valence-electron chi connectivity index (χ2n) is 4.50. The first kappa shape index (κ1) is 17.2. The van der Waals surface area contributed by atoms with Crippen LogP contribution in [0.2, 0.25) is 10.2 Å². The third-order valence-electron chi connectivity index (χ3n) is 3.08. The van der Waals surface area contributed by atoms with Crippen molar-refractivity contribution in [1.29, 1.82) is 0 Å². The van der Waals surface area contributed by atoms with E-state index in [4.69, 9.17) is 27.9 Å².